The van der Waals surface area contributed by atoms with Gasteiger partial charge in [-0.25, -0.2) is 15.0 Å². The number of anilines is 1. The second-order valence-electron chi connectivity index (χ2n) is 5.62. The van der Waals surface area contributed by atoms with Crippen molar-refractivity contribution in [3.05, 3.63) is 37.2 Å². The van der Waals surface area contributed by atoms with Crippen LogP contribution in [0.25, 0.3) is 11.2 Å². The lowest BCUT2D eigenvalue weighted by Gasteiger charge is -2.16. The molecule has 10 heteroatoms. The van der Waals surface area contributed by atoms with Crippen LogP contribution in [0, 0.1) is 0 Å². The third kappa shape index (κ3) is 2.93. The lowest BCUT2D eigenvalue weighted by molar-refractivity contribution is -0.0289. The molecule has 1 fully saturated rings. The topological polar surface area (TPSA) is 132 Å². The molecule has 3 aromatic heterocycles. The van der Waals surface area contributed by atoms with Crippen molar-refractivity contribution in [3.8, 4) is 0 Å². The Kier molecular flexibility index (Phi) is 4.25. The van der Waals surface area contributed by atoms with Crippen LogP contribution in [0.15, 0.2) is 42.1 Å². The van der Waals surface area contributed by atoms with Crippen molar-refractivity contribution in [1.29, 1.82) is 0 Å². The molecule has 0 spiro atoms. The van der Waals surface area contributed by atoms with E-state index in [-0.39, 0.29) is 5.82 Å². The Balaban J connectivity index is 1.54. The maximum Gasteiger partial charge on any atom is 0.167 e. The Bertz CT molecular complexity index is 876. The van der Waals surface area contributed by atoms with Crippen molar-refractivity contribution in [3.63, 3.8) is 0 Å². The molecular weight excluding hydrogens is 344 g/mol. The largest absolute Gasteiger partial charge is 0.387 e. The summed E-state index contributed by atoms with van der Waals surface area (Å²) in [5, 5.41) is 20.7. The van der Waals surface area contributed by atoms with E-state index in [1.54, 1.807) is 17.0 Å². The highest BCUT2D eigenvalue weighted by molar-refractivity contribution is 7.99. The highest BCUT2D eigenvalue weighted by atomic mass is 32.2. The average Bonchev–Trinajstić information content (AvgIpc) is 3.18. The van der Waals surface area contributed by atoms with E-state index in [0.717, 1.165) is 4.90 Å². The van der Waals surface area contributed by atoms with Crippen molar-refractivity contribution in [2.75, 3.05) is 11.5 Å². The Hall–Kier alpha value is -2.27. The van der Waals surface area contributed by atoms with Crippen molar-refractivity contribution in [2.45, 2.75) is 29.4 Å². The molecular formula is C15H16N6O3S. The third-order valence-electron chi connectivity index (χ3n) is 4.06. The lowest BCUT2D eigenvalue weighted by atomic mass is 10.1. The third-order valence-corrected chi connectivity index (χ3v) is 5.16. The number of ether oxygens (including phenoxy) is 1. The molecule has 0 aliphatic carbocycles. The normalized spacial score (nSPS) is 26.3. The quantitative estimate of drug-likeness (QED) is 0.559. The summed E-state index contributed by atoms with van der Waals surface area (Å²) in [6.07, 6.45) is 2.76. The first kappa shape index (κ1) is 16.2. The summed E-state index contributed by atoms with van der Waals surface area (Å²) >= 11 is 1.52. The minimum Gasteiger partial charge on any atom is -0.387 e. The predicted molar refractivity (Wildman–Crippen MR) is 90.6 cm³/mol. The number of pyridine rings is 1. The number of aromatic nitrogens is 5. The number of thioether (sulfide) groups is 1. The second-order valence-corrected chi connectivity index (χ2v) is 6.72. The zero-order valence-electron chi connectivity index (χ0n) is 13.0. The van der Waals surface area contributed by atoms with Crippen LogP contribution in [0.3, 0.4) is 0 Å². The fraction of sp³-hybridized carbons (Fsp3) is 0.333. The Morgan fingerprint density at radius 2 is 1.96 bits per heavy atom. The van der Waals surface area contributed by atoms with Crippen molar-refractivity contribution >= 4 is 28.7 Å². The minimum atomic E-state index is -1.10. The van der Waals surface area contributed by atoms with Crippen LogP contribution in [0.2, 0.25) is 0 Å². The van der Waals surface area contributed by atoms with Crippen LogP contribution in [0.1, 0.15) is 6.23 Å². The van der Waals surface area contributed by atoms with Crippen LogP contribution in [0.4, 0.5) is 5.82 Å². The molecule has 0 amide bonds. The van der Waals surface area contributed by atoms with E-state index < -0.39 is 24.5 Å². The molecule has 4 heterocycles. The van der Waals surface area contributed by atoms with Crippen LogP contribution in [-0.4, -0.2) is 58.8 Å². The van der Waals surface area contributed by atoms with E-state index in [4.69, 9.17) is 10.5 Å². The second kappa shape index (κ2) is 6.56. The number of hydrogen-bond acceptors (Lipinski definition) is 9. The van der Waals surface area contributed by atoms with E-state index in [0.29, 0.717) is 16.9 Å². The van der Waals surface area contributed by atoms with Gasteiger partial charge in [0, 0.05) is 23.0 Å². The SMILES string of the molecule is Nc1ncnc2c1ncn2[C@@H]1O[C@H](CSc2ccncc2)[C@@H](O)[C@H]1O. The number of nitrogen functional groups attached to an aromatic ring is 1. The monoisotopic (exact) mass is 360 g/mol. The molecule has 0 radical (unpaired) electrons. The molecule has 0 unspecified atom stereocenters. The van der Waals surface area contributed by atoms with Gasteiger partial charge in [-0.15, -0.1) is 11.8 Å². The van der Waals surface area contributed by atoms with E-state index in [9.17, 15) is 10.2 Å². The maximum atomic E-state index is 10.4. The van der Waals surface area contributed by atoms with Gasteiger partial charge in [0.1, 0.15) is 24.1 Å². The minimum absolute atomic E-state index is 0.251. The van der Waals surface area contributed by atoms with Gasteiger partial charge in [-0.05, 0) is 12.1 Å². The smallest absolute Gasteiger partial charge is 0.167 e. The molecule has 0 aromatic carbocycles. The molecule has 1 saturated heterocycles. The van der Waals surface area contributed by atoms with Gasteiger partial charge in [-0.3, -0.25) is 9.55 Å². The molecule has 4 atom stereocenters. The first-order valence-electron chi connectivity index (χ1n) is 7.62. The van der Waals surface area contributed by atoms with Gasteiger partial charge < -0.3 is 20.7 Å². The number of aliphatic hydroxyl groups excluding tert-OH is 2. The number of fused-ring (bicyclic) bond motifs is 1. The van der Waals surface area contributed by atoms with E-state index in [2.05, 4.69) is 19.9 Å². The summed E-state index contributed by atoms with van der Waals surface area (Å²) in [5.74, 6) is 0.740. The van der Waals surface area contributed by atoms with E-state index in [1.165, 1.54) is 24.4 Å². The fourth-order valence-corrected chi connectivity index (χ4v) is 3.71. The summed E-state index contributed by atoms with van der Waals surface area (Å²) in [4.78, 5) is 17.2. The summed E-state index contributed by atoms with van der Waals surface area (Å²) in [5.41, 5.74) is 6.66. The highest BCUT2D eigenvalue weighted by Crippen LogP contribution is 2.34. The fourth-order valence-electron chi connectivity index (χ4n) is 2.77. The number of imidazole rings is 1. The van der Waals surface area contributed by atoms with Crippen LogP contribution in [0.5, 0.6) is 0 Å². The summed E-state index contributed by atoms with van der Waals surface area (Å²) < 4.78 is 7.45. The highest BCUT2D eigenvalue weighted by Gasteiger charge is 2.44. The van der Waals surface area contributed by atoms with E-state index in [1.807, 2.05) is 12.1 Å². The molecule has 4 N–H and O–H groups in total. The average molecular weight is 360 g/mol. The maximum absolute atomic E-state index is 10.4. The molecule has 130 valence electrons. The van der Waals surface area contributed by atoms with Crippen LogP contribution >= 0.6 is 11.8 Å². The van der Waals surface area contributed by atoms with Gasteiger partial charge in [0.2, 0.25) is 0 Å². The zero-order chi connectivity index (χ0) is 17.4. The Morgan fingerprint density at radius 3 is 2.76 bits per heavy atom. The van der Waals surface area contributed by atoms with Crippen LogP contribution in [-0.2, 0) is 4.74 Å². The summed E-state index contributed by atoms with van der Waals surface area (Å²) in [7, 11) is 0. The van der Waals surface area contributed by atoms with Crippen molar-refractivity contribution in [1.82, 2.24) is 24.5 Å². The molecule has 1 aliphatic rings. The van der Waals surface area contributed by atoms with Crippen molar-refractivity contribution < 1.29 is 14.9 Å². The van der Waals surface area contributed by atoms with Gasteiger partial charge in [-0.1, -0.05) is 0 Å². The summed E-state index contributed by atoms with van der Waals surface area (Å²) in [6.45, 7) is 0. The van der Waals surface area contributed by atoms with Crippen LogP contribution < -0.4 is 5.73 Å². The molecule has 9 nitrogen and oxygen atoms in total. The number of nitrogens with zero attached hydrogens (tertiary/aromatic N) is 5. The van der Waals surface area contributed by atoms with Crippen molar-refractivity contribution in [2.24, 2.45) is 0 Å². The first-order chi connectivity index (χ1) is 12.1. The Morgan fingerprint density at radius 1 is 1.16 bits per heavy atom. The zero-order valence-corrected chi connectivity index (χ0v) is 13.8. The molecule has 1 aliphatic heterocycles. The lowest BCUT2D eigenvalue weighted by Crippen LogP contribution is -2.32. The molecule has 4 rings (SSSR count). The molecule has 25 heavy (non-hydrogen) atoms. The Labute approximate surface area is 146 Å². The van der Waals surface area contributed by atoms with E-state index >= 15 is 0 Å². The first-order valence-corrected chi connectivity index (χ1v) is 8.61. The molecule has 3 aromatic rings. The van der Waals surface area contributed by atoms with Gasteiger partial charge in [0.15, 0.2) is 17.7 Å². The number of aliphatic hydroxyl groups is 2. The number of rotatable bonds is 4. The van der Waals surface area contributed by atoms with Gasteiger partial charge in [0.05, 0.1) is 12.4 Å². The molecule has 0 bridgehead atoms. The van der Waals surface area contributed by atoms with Gasteiger partial charge in [0.25, 0.3) is 0 Å². The standard InChI is InChI=1S/C15H16N6O3S/c16-13-10-14(19-6-18-13)21(7-20-10)15-12(23)11(22)9(24-15)5-25-8-1-3-17-4-2-8/h1-4,6-7,9,11-12,15,22-23H,5H2,(H2,16,18,19)/t9-,11-,12-,15-/m1/s1. The summed E-state index contributed by atoms with van der Waals surface area (Å²) in [6, 6.07) is 3.76. The van der Waals surface area contributed by atoms with Gasteiger partial charge in [-0.2, -0.15) is 0 Å². The van der Waals surface area contributed by atoms with Gasteiger partial charge >= 0.3 is 0 Å². The number of nitrogens with two attached hydrogens (primary N) is 1. The predicted octanol–water partition coefficient (Wildman–Crippen LogP) is 0.215. The number of hydrogen-bond donors (Lipinski definition) is 3. The molecule has 0 saturated carbocycles.